The molecule has 0 spiro atoms. The zero-order valence-electron chi connectivity index (χ0n) is 20.6. The molecule has 8 heteroatoms. The number of nitrogens with one attached hydrogen (secondary N) is 2. The van der Waals surface area contributed by atoms with Gasteiger partial charge in [-0.25, -0.2) is 0 Å². The van der Waals surface area contributed by atoms with Crippen molar-refractivity contribution in [2.45, 2.75) is 32.4 Å². The van der Waals surface area contributed by atoms with Gasteiger partial charge in [0, 0.05) is 35.4 Å². The van der Waals surface area contributed by atoms with Crippen LogP contribution in [-0.4, -0.2) is 27.4 Å². The molecular weight excluding hydrogens is 504 g/mol. The molecule has 5 rings (SSSR count). The van der Waals surface area contributed by atoms with Crippen molar-refractivity contribution < 1.29 is 9.21 Å². The molecule has 6 nitrogen and oxygen atoms in total. The number of halogens is 1. The topological polar surface area (TPSA) is 70.4 Å². The molecule has 2 unspecified atom stereocenters. The van der Waals surface area contributed by atoms with E-state index in [2.05, 4.69) is 15.6 Å². The Hall–Kier alpha value is -3.68. The summed E-state index contributed by atoms with van der Waals surface area (Å²) < 4.78 is 6.41. The fraction of sp³-hybridized carbons (Fsp3) is 0.207. The zero-order chi connectivity index (χ0) is 25.9. The first-order valence-corrected chi connectivity index (χ1v) is 12.9. The number of hydrogen-bond acceptors (Lipinski definition) is 4. The van der Waals surface area contributed by atoms with E-state index in [0.29, 0.717) is 16.7 Å². The maximum atomic E-state index is 12.8. The average Bonchev–Trinajstić information content (AvgIpc) is 3.49. The van der Waals surface area contributed by atoms with Crippen molar-refractivity contribution in [3.05, 3.63) is 107 Å². The first kappa shape index (κ1) is 25.0. The number of benzene rings is 2. The summed E-state index contributed by atoms with van der Waals surface area (Å²) in [6.07, 6.45) is 2.03. The summed E-state index contributed by atoms with van der Waals surface area (Å²) in [6, 6.07) is 22.7. The van der Waals surface area contributed by atoms with Crippen LogP contribution in [0.1, 0.15) is 41.1 Å². The minimum Gasteiger partial charge on any atom is -0.459 e. The largest absolute Gasteiger partial charge is 0.459 e. The molecule has 0 aliphatic carbocycles. The molecular formula is C29H27ClN4O2S. The molecule has 2 aromatic heterocycles. The normalized spacial score (nSPS) is 17.1. The number of carbonyl (C=O) groups is 1. The van der Waals surface area contributed by atoms with Crippen LogP contribution < -0.4 is 10.6 Å². The predicted octanol–water partition coefficient (Wildman–Crippen LogP) is 6.61. The van der Waals surface area contributed by atoms with E-state index in [1.54, 1.807) is 6.20 Å². The molecule has 1 aliphatic heterocycles. The van der Waals surface area contributed by atoms with E-state index in [0.717, 1.165) is 39.6 Å². The highest BCUT2D eigenvalue weighted by molar-refractivity contribution is 7.80. The third-order valence-corrected chi connectivity index (χ3v) is 7.05. The van der Waals surface area contributed by atoms with Gasteiger partial charge in [0.15, 0.2) is 5.11 Å². The van der Waals surface area contributed by atoms with E-state index in [1.807, 2.05) is 91.5 Å². The lowest BCUT2D eigenvalue weighted by molar-refractivity contribution is -0.116. The number of anilines is 1. The summed E-state index contributed by atoms with van der Waals surface area (Å²) in [5.74, 6) is 1.38. The van der Waals surface area contributed by atoms with Gasteiger partial charge in [0.05, 0.1) is 11.7 Å². The Kier molecular flexibility index (Phi) is 7.26. The van der Waals surface area contributed by atoms with E-state index in [1.165, 1.54) is 0 Å². The summed E-state index contributed by atoms with van der Waals surface area (Å²) >= 11 is 12.0. The van der Waals surface area contributed by atoms with Crippen molar-refractivity contribution >= 4 is 40.5 Å². The predicted molar refractivity (Wildman–Crippen MR) is 150 cm³/mol. The van der Waals surface area contributed by atoms with Gasteiger partial charge < -0.3 is 20.0 Å². The average molecular weight is 531 g/mol. The van der Waals surface area contributed by atoms with Gasteiger partial charge in [-0.05, 0) is 85.7 Å². The summed E-state index contributed by atoms with van der Waals surface area (Å²) in [5.41, 5.74) is 4.72. The highest BCUT2D eigenvalue weighted by Gasteiger charge is 2.41. The monoisotopic (exact) mass is 530 g/mol. The third kappa shape index (κ3) is 5.53. The summed E-state index contributed by atoms with van der Waals surface area (Å²) in [4.78, 5) is 19.4. The quantitative estimate of drug-likeness (QED) is 0.262. The lowest BCUT2D eigenvalue weighted by Crippen LogP contribution is -2.32. The molecule has 1 fully saturated rings. The van der Waals surface area contributed by atoms with Crippen LogP contribution in [0.25, 0.3) is 11.3 Å². The second-order valence-electron chi connectivity index (χ2n) is 9.15. The smallest absolute Gasteiger partial charge is 0.226 e. The first-order valence-electron chi connectivity index (χ1n) is 12.1. The SMILES string of the molecule is Cc1cccc(NC(=O)CCN2C(=S)NC(c3ccccn3)C2c2ccc(-c3cc(Cl)ccc3C)o2)c1. The molecule has 1 aliphatic rings. The van der Waals surface area contributed by atoms with Crippen LogP contribution in [0.4, 0.5) is 5.69 Å². The Morgan fingerprint density at radius 3 is 2.76 bits per heavy atom. The van der Waals surface area contributed by atoms with Gasteiger partial charge in [-0.1, -0.05) is 35.9 Å². The Morgan fingerprint density at radius 1 is 1.11 bits per heavy atom. The zero-order valence-corrected chi connectivity index (χ0v) is 22.1. The minimum absolute atomic E-state index is 0.0804. The molecule has 1 saturated heterocycles. The summed E-state index contributed by atoms with van der Waals surface area (Å²) in [6.45, 7) is 4.44. The Labute approximate surface area is 226 Å². The second kappa shape index (κ2) is 10.7. The van der Waals surface area contributed by atoms with Crippen LogP contribution in [0.3, 0.4) is 0 Å². The van der Waals surface area contributed by atoms with Crippen molar-refractivity contribution in [1.29, 1.82) is 0 Å². The highest BCUT2D eigenvalue weighted by atomic mass is 35.5. The molecule has 2 atom stereocenters. The molecule has 37 heavy (non-hydrogen) atoms. The van der Waals surface area contributed by atoms with Crippen LogP contribution >= 0.6 is 23.8 Å². The number of amides is 1. The van der Waals surface area contributed by atoms with Gasteiger partial charge in [-0.15, -0.1) is 0 Å². The fourth-order valence-electron chi connectivity index (χ4n) is 4.64. The first-order chi connectivity index (χ1) is 17.9. The van der Waals surface area contributed by atoms with Gasteiger partial charge in [0.25, 0.3) is 0 Å². The van der Waals surface area contributed by atoms with Crippen LogP contribution in [0, 0.1) is 13.8 Å². The van der Waals surface area contributed by atoms with Crippen molar-refractivity contribution in [3.63, 3.8) is 0 Å². The Balaban J connectivity index is 1.41. The maximum Gasteiger partial charge on any atom is 0.226 e. The molecule has 1 amide bonds. The fourth-order valence-corrected chi connectivity index (χ4v) is 5.14. The van der Waals surface area contributed by atoms with Crippen LogP contribution in [-0.2, 0) is 4.79 Å². The number of carbonyl (C=O) groups excluding carboxylic acids is 1. The van der Waals surface area contributed by atoms with E-state index in [-0.39, 0.29) is 24.4 Å². The third-order valence-electron chi connectivity index (χ3n) is 6.46. The van der Waals surface area contributed by atoms with Gasteiger partial charge in [0.2, 0.25) is 5.91 Å². The maximum absolute atomic E-state index is 12.8. The Bertz CT molecular complexity index is 1440. The number of aryl methyl sites for hydroxylation is 2. The molecule has 0 radical (unpaired) electrons. The molecule has 3 heterocycles. The second-order valence-corrected chi connectivity index (χ2v) is 9.97. The molecule has 0 saturated carbocycles. The van der Waals surface area contributed by atoms with Gasteiger partial charge in [-0.3, -0.25) is 9.78 Å². The van der Waals surface area contributed by atoms with Crippen LogP contribution in [0.15, 0.2) is 83.4 Å². The number of furan rings is 1. The lowest BCUT2D eigenvalue weighted by atomic mass is 10.0. The minimum atomic E-state index is -0.276. The standard InChI is InChI=1S/C29H27ClN4O2S/c1-18-6-5-7-21(16-18)32-26(35)13-15-34-28(27(33-29(34)37)23-8-3-4-14-31-23)25-12-11-24(36-25)22-17-20(30)10-9-19(22)2/h3-12,14,16-17,27-28H,13,15H2,1-2H3,(H,32,35)(H,33,37). The molecule has 2 N–H and O–H groups in total. The summed E-state index contributed by atoms with van der Waals surface area (Å²) in [7, 11) is 0. The van der Waals surface area contributed by atoms with Crippen LogP contribution in [0.5, 0.6) is 0 Å². The summed E-state index contributed by atoms with van der Waals surface area (Å²) in [5, 5.41) is 7.58. The van der Waals surface area contributed by atoms with E-state index >= 15 is 0 Å². The number of thiocarbonyl (C=S) groups is 1. The number of hydrogen-bond donors (Lipinski definition) is 2. The number of pyridine rings is 1. The van der Waals surface area contributed by atoms with Crippen molar-refractivity contribution in [2.24, 2.45) is 0 Å². The van der Waals surface area contributed by atoms with Gasteiger partial charge in [0.1, 0.15) is 17.6 Å². The van der Waals surface area contributed by atoms with Crippen molar-refractivity contribution in [2.75, 3.05) is 11.9 Å². The van der Waals surface area contributed by atoms with E-state index in [4.69, 9.17) is 28.2 Å². The molecule has 188 valence electrons. The number of rotatable bonds is 7. The number of nitrogens with zero attached hydrogens (tertiary/aromatic N) is 2. The highest BCUT2D eigenvalue weighted by Crippen LogP contribution is 2.41. The Morgan fingerprint density at radius 2 is 1.97 bits per heavy atom. The van der Waals surface area contributed by atoms with Gasteiger partial charge >= 0.3 is 0 Å². The van der Waals surface area contributed by atoms with Gasteiger partial charge in [-0.2, -0.15) is 0 Å². The van der Waals surface area contributed by atoms with E-state index in [9.17, 15) is 4.79 Å². The van der Waals surface area contributed by atoms with Crippen molar-refractivity contribution in [1.82, 2.24) is 15.2 Å². The van der Waals surface area contributed by atoms with E-state index < -0.39 is 0 Å². The molecule has 0 bridgehead atoms. The lowest BCUT2D eigenvalue weighted by Gasteiger charge is -2.26. The number of aromatic nitrogens is 1. The van der Waals surface area contributed by atoms with Crippen molar-refractivity contribution in [3.8, 4) is 11.3 Å². The van der Waals surface area contributed by atoms with Crippen LogP contribution in [0.2, 0.25) is 5.02 Å². The molecule has 4 aromatic rings. The molecule has 2 aromatic carbocycles.